The van der Waals surface area contributed by atoms with Crippen LogP contribution in [0.25, 0.3) is 10.9 Å². The predicted octanol–water partition coefficient (Wildman–Crippen LogP) is 2.70. The van der Waals surface area contributed by atoms with Crippen molar-refractivity contribution < 1.29 is 9.18 Å². The van der Waals surface area contributed by atoms with Crippen LogP contribution in [0.1, 0.15) is 19.8 Å². The van der Waals surface area contributed by atoms with E-state index in [9.17, 15) is 9.18 Å². The van der Waals surface area contributed by atoms with Crippen molar-refractivity contribution in [2.75, 3.05) is 6.54 Å². The van der Waals surface area contributed by atoms with Gasteiger partial charge < -0.3 is 9.88 Å². The molecule has 2 rings (SSSR count). The van der Waals surface area contributed by atoms with Gasteiger partial charge in [-0.2, -0.15) is 0 Å². The van der Waals surface area contributed by atoms with Crippen LogP contribution in [0, 0.1) is 5.82 Å². The third-order valence-electron chi connectivity index (χ3n) is 2.90. The standard InChI is InChI=1S/C14H17FN2O/c1-2-3-7-16-14(18)10-17-8-6-11-9-12(15)4-5-13(11)17/h4-6,8-9H,2-3,7,10H2,1H3,(H,16,18). The second-order valence-electron chi connectivity index (χ2n) is 4.35. The van der Waals surface area contributed by atoms with E-state index >= 15 is 0 Å². The third-order valence-corrected chi connectivity index (χ3v) is 2.90. The molecule has 0 saturated heterocycles. The summed E-state index contributed by atoms with van der Waals surface area (Å²) in [4.78, 5) is 11.7. The number of unbranched alkanes of at least 4 members (excludes halogenated alkanes) is 1. The molecule has 1 aromatic heterocycles. The van der Waals surface area contributed by atoms with Crippen LogP contribution in [-0.4, -0.2) is 17.0 Å². The van der Waals surface area contributed by atoms with E-state index in [-0.39, 0.29) is 18.3 Å². The van der Waals surface area contributed by atoms with Crippen molar-refractivity contribution in [2.24, 2.45) is 0 Å². The molecular weight excluding hydrogens is 231 g/mol. The Hall–Kier alpha value is -1.84. The first kappa shape index (κ1) is 12.6. The molecule has 0 unspecified atom stereocenters. The van der Waals surface area contributed by atoms with Gasteiger partial charge in [-0.05, 0) is 30.7 Å². The summed E-state index contributed by atoms with van der Waals surface area (Å²) in [6.07, 6.45) is 3.86. The third kappa shape index (κ3) is 2.88. The van der Waals surface area contributed by atoms with Crippen LogP contribution in [0.5, 0.6) is 0 Å². The minimum absolute atomic E-state index is 0.00900. The summed E-state index contributed by atoms with van der Waals surface area (Å²) >= 11 is 0. The van der Waals surface area contributed by atoms with Crippen LogP contribution in [0.2, 0.25) is 0 Å². The quantitative estimate of drug-likeness (QED) is 0.811. The van der Waals surface area contributed by atoms with Gasteiger partial charge in [0.1, 0.15) is 12.4 Å². The molecule has 2 aromatic rings. The minimum Gasteiger partial charge on any atom is -0.355 e. The Kier molecular flexibility index (Phi) is 3.97. The summed E-state index contributed by atoms with van der Waals surface area (Å²) in [6, 6.07) is 6.40. The second-order valence-corrected chi connectivity index (χ2v) is 4.35. The van der Waals surface area contributed by atoms with Crippen molar-refractivity contribution in [1.29, 1.82) is 0 Å². The van der Waals surface area contributed by atoms with Gasteiger partial charge in [0.25, 0.3) is 0 Å². The number of carbonyl (C=O) groups excluding carboxylic acids is 1. The average molecular weight is 248 g/mol. The van der Waals surface area contributed by atoms with E-state index in [2.05, 4.69) is 12.2 Å². The normalized spacial score (nSPS) is 10.8. The molecule has 0 aliphatic rings. The maximum absolute atomic E-state index is 13.0. The van der Waals surface area contributed by atoms with Crippen LogP contribution in [0.3, 0.4) is 0 Å². The molecule has 3 nitrogen and oxygen atoms in total. The highest BCUT2D eigenvalue weighted by atomic mass is 19.1. The lowest BCUT2D eigenvalue weighted by Gasteiger charge is -2.06. The van der Waals surface area contributed by atoms with Gasteiger partial charge in [0.15, 0.2) is 0 Å². The van der Waals surface area contributed by atoms with Crippen molar-refractivity contribution in [3.05, 3.63) is 36.3 Å². The summed E-state index contributed by atoms with van der Waals surface area (Å²) < 4.78 is 14.9. The number of aromatic nitrogens is 1. The van der Waals surface area contributed by atoms with Gasteiger partial charge in [-0.3, -0.25) is 4.79 Å². The molecule has 96 valence electrons. The van der Waals surface area contributed by atoms with Gasteiger partial charge in [-0.15, -0.1) is 0 Å². The lowest BCUT2D eigenvalue weighted by atomic mass is 10.2. The van der Waals surface area contributed by atoms with E-state index in [0.717, 1.165) is 23.7 Å². The Labute approximate surface area is 106 Å². The van der Waals surface area contributed by atoms with Crippen LogP contribution in [0.15, 0.2) is 30.5 Å². The first-order chi connectivity index (χ1) is 8.70. The molecular formula is C14H17FN2O. The average Bonchev–Trinajstić information content (AvgIpc) is 2.72. The van der Waals surface area contributed by atoms with Gasteiger partial charge in [-0.1, -0.05) is 13.3 Å². The van der Waals surface area contributed by atoms with Gasteiger partial charge in [-0.25, -0.2) is 4.39 Å². The highest BCUT2D eigenvalue weighted by molar-refractivity contribution is 5.83. The Bertz CT molecular complexity index is 548. The zero-order valence-corrected chi connectivity index (χ0v) is 10.4. The zero-order valence-electron chi connectivity index (χ0n) is 10.4. The van der Waals surface area contributed by atoms with Crippen molar-refractivity contribution in [3.63, 3.8) is 0 Å². The Balaban J connectivity index is 2.05. The fourth-order valence-corrected chi connectivity index (χ4v) is 1.92. The summed E-state index contributed by atoms with van der Waals surface area (Å²) in [7, 11) is 0. The Morgan fingerprint density at radius 3 is 3.00 bits per heavy atom. The molecule has 4 heteroatoms. The highest BCUT2D eigenvalue weighted by Crippen LogP contribution is 2.16. The molecule has 18 heavy (non-hydrogen) atoms. The molecule has 1 amide bonds. The molecule has 0 atom stereocenters. The molecule has 0 aliphatic carbocycles. The van der Waals surface area contributed by atoms with Crippen LogP contribution in [0.4, 0.5) is 4.39 Å². The van der Waals surface area contributed by atoms with Gasteiger partial charge in [0, 0.05) is 23.6 Å². The maximum Gasteiger partial charge on any atom is 0.239 e. The number of nitrogens with one attached hydrogen (secondary N) is 1. The predicted molar refractivity (Wildman–Crippen MR) is 69.8 cm³/mol. The number of benzene rings is 1. The van der Waals surface area contributed by atoms with Gasteiger partial charge in [0.2, 0.25) is 5.91 Å². The molecule has 0 radical (unpaired) electrons. The second kappa shape index (κ2) is 5.67. The monoisotopic (exact) mass is 248 g/mol. The van der Waals surface area contributed by atoms with Gasteiger partial charge in [0.05, 0.1) is 0 Å². The Morgan fingerprint density at radius 1 is 1.39 bits per heavy atom. The smallest absolute Gasteiger partial charge is 0.239 e. The number of fused-ring (bicyclic) bond motifs is 1. The number of nitrogens with zero attached hydrogens (tertiary/aromatic N) is 1. The molecule has 1 N–H and O–H groups in total. The van der Waals surface area contributed by atoms with Crippen molar-refractivity contribution >= 4 is 16.8 Å². The number of hydrogen-bond donors (Lipinski definition) is 1. The minimum atomic E-state index is -0.257. The summed E-state index contributed by atoms with van der Waals surface area (Å²) in [5, 5.41) is 3.68. The number of hydrogen-bond acceptors (Lipinski definition) is 1. The lowest BCUT2D eigenvalue weighted by molar-refractivity contribution is -0.121. The molecule has 0 spiro atoms. The number of rotatable bonds is 5. The summed E-state index contributed by atoms with van der Waals surface area (Å²) in [5.41, 5.74) is 0.877. The zero-order chi connectivity index (χ0) is 13.0. The number of amides is 1. The highest BCUT2D eigenvalue weighted by Gasteiger charge is 2.06. The van der Waals surface area contributed by atoms with Crippen molar-refractivity contribution in [2.45, 2.75) is 26.3 Å². The van der Waals surface area contributed by atoms with E-state index in [0.29, 0.717) is 6.54 Å². The number of halogens is 1. The van der Waals surface area contributed by atoms with Gasteiger partial charge >= 0.3 is 0 Å². The maximum atomic E-state index is 13.0. The molecule has 0 fully saturated rings. The van der Waals surface area contributed by atoms with E-state index in [4.69, 9.17) is 0 Å². The van der Waals surface area contributed by atoms with E-state index < -0.39 is 0 Å². The van der Waals surface area contributed by atoms with Crippen LogP contribution in [-0.2, 0) is 11.3 Å². The number of carbonyl (C=O) groups is 1. The fourth-order valence-electron chi connectivity index (χ4n) is 1.92. The summed E-state index contributed by atoms with van der Waals surface area (Å²) in [5.74, 6) is -0.266. The van der Waals surface area contributed by atoms with Crippen molar-refractivity contribution in [1.82, 2.24) is 9.88 Å². The first-order valence-electron chi connectivity index (χ1n) is 6.22. The fraction of sp³-hybridized carbons (Fsp3) is 0.357. The SMILES string of the molecule is CCCCNC(=O)Cn1ccc2cc(F)ccc21. The molecule has 0 bridgehead atoms. The molecule has 1 heterocycles. The topological polar surface area (TPSA) is 34.0 Å². The molecule has 0 aliphatic heterocycles. The Morgan fingerprint density at radius 2 is 2.22 bits per heavy atom. The van der Waals surface area contributed by atoms with Crippen molar-refractivity contribution in [3.8, 4) is 0 Å². The van der Waals surface area contributed by atoms with E-state index in [1.165, 1.54) is 12.1 Å². The largest absolute Gasteiger partial charge is 0.355 e. The van der Waals surface area contributed by atoms with E-state index in [1.807, 2.05) is 16.8 Å². The first-order valence-corrected chi connectivity index (χ1v) is 6.22. The molecule has 1 aromatic carbocycles. The lowest BCUT2D eigenvalue weighted by Crippen LogP contribution is -2.28. The molecule has 0 saturated carbocycles. The van der Waals surface area contributed by atoms with E-state index in [1.54, 1.807) is 6.07 Å². The van der Waals surface area contributed by atoms with Crippen LogP contribution >= 0.6 is 0 Å². The summed E-state index contributed by atoms with van der Waals surface area (Å²) in [6.45, 7) is 3.07. The van der Waals surface area contributed by atoms with Crippen LogP contribution < -0.4 is 5.32 Å².